The Bertz CT molecular complexity index is 358. The number of ether oxygens (including phenoxy) is 1. The third-order valence-corrected chi connectivity index (χ3v) is 3.49. The molecule has 1 fully saturated rings. The zero-order valence-corrected chi connectivity index (χ0v) is 10.6. The van der Waals surface area contributed by atoms with Crippen LogP contribution in [-0.4, -0.2) is 17.3 Å². The molecule has 1 aliphatic rings. The predicted molar refractivity (Wildman–Crippen MR) is 63.3 cm³/mol. The summed E-state index contributed by atoms with van der Waals surface area (Å²) in [6, 6.07) is 0. The second-order valence-corrected chi connectivity index (χ2v) is 4.83. The van der Waals surface area contributed by atoms with Gasteiger partial charge in [-0.15, -0.1) is 0 Å². The summed E-state index contributed by atoms with van der Waals surface area (Å²) in [4.78, 5) is 4.43. The van der Waals surface area contributed by atoms with Crippen LogP contribution >= 0.6 is 0 Å². The summed E-state index contributed by atoms with van der Waals surface area (Å²) < 4.78 is 10.7. The van der Waals surface area contributed by atoms with Crippen LogP contribution in [0.2, 0.25) is 0 Å². The SMILES string of the molecule is CCCC(OC)c1noc(C2(N)CCCC2)n1. The van der Waals surface area contributed by atoms with Gasteiger partial charge < -0.3 is 15.0 Å². The summed E-state index contributed by atoms with van der Waals surface area (Å²) in [7, 11) is 1.67. The third-order valence-electron chi connectivity index (χ3n) is 3.49. The van der Waals surface area contributed by atoms with Gasteiger partial charge in [0.1, 0.15) is 6.10 Å². The average Bonchev–Trinajstić information content (AvgIpc) is 2.95. The molecule has 1 unspecified atom stereocenters. The van der Waals surface area contributed by atoms with Crippen molar-refractivity contribution in [1.82, 2.24) is 10.1 Å². The van der Waals surface area contributed by atoms with E-state index in [2.05, 4.69) is 17.1 Å². The van der Waals surface area contributed by atoms with E-state index in [1.165, 1.54) is 0 Å². The Balaban J connectivity index is 2.14. The fraction of sp³-hybridized carbons (Fsp3) is 0.833. The molecule has 0 radical (unpaired) electrons. The van der Waals surface area contributed by atoms with E-state index in [-0.39, 0.29) is 6.10 Å². The lowest BCUT2D eigenvalue weighted by atomic mass is 9.99. The van der Waals surface area contributed by atoms with Gasteiger partial charge in [-0.25, -0.2) is 0 Å². The van der Waals surface area contributed by atoms with Crippen molar-refractivity contribution in [3.05, 3.63) is 11.7 Å². The molecule has 0 spiro atoms. The first-order valence-corrected chi connectivity index (χ1v) is 6.35. The number of hydrogen-bond donors (Lipinski definition) is 1. The summed E-state index contributed by atoms with van der Waals surface area (Å²) in [5.74, 6) is 1.20. The van der Waals surface area contributed by atoms with E-state index >= 15 is 0 Å². The van der Waals surface area contributed by atoms with E-state index in [9.17, 15) is 0 Å². The average molecular weight is 239 g/mol. The summed E-state index contributed by atoms with van der Waals surface area (Å²) in [6.07, 6.45) is 5.97. The molecule has 5 heteroatoms. The van der Waals surface area contributed by atoms with Gasteiger partial charge in [-0.05, 0) is 19.3 Å². The number of hydrogen-bond acceptors (Lipinski definition) is 5. The smallest absolute Gasteiger partial charge is 0.246 e. The highest BCUT2D eigenvalue weighted by atomic mass is 16.5. The van der Waals surface area contributed by atoms with Crippen molar-refractivity contribution in [3.63, 3.8) is 0 Å². The molecule has 0 saturated heterocycles. The van der Waals surface area contributed by atoms with Crippen LogP contribution in [0.25, 0.3) is 0 Å². The third kappa shape index (κ3) is 2.50. The van der Waals surface area contributed by atoms with Crippen molar-refractivity contribution in [3.8, 4) is 0 Å². The molecule has 17 heavy (non-hydrogen) atoms. The highest BCUT2D eigenvalue weighted by molar-refractivity contribution is 5.05. The van der Waals surface area contributed by atoms with Crippen LogP contribution in [-0.2, 0) is 10.3 Å². The monoisotopic (exact) mass is 239 g/mol. The predicted octanol–water partition coefficient (Wildman–Crippen LogP) is 2.29. The second kappa shape index (κ2) is 5.14. The maximum absolute atomic E-state index is 6.27. The van der Waals surface area contributed by atoms with Crippen LogP contribution in [0.3, 0.4) is 0 Å². The Morgan fingerprint density at radius 2 is 2.18 bits per heavy atom. The van der Waals surface area contributed by atoms with E-state index in [0.29, 0.717) is 11.7 Å². The van der Waals surface area contributed by atoms with Crippen LogP contribution < -0.4 is 5.73 Å². The first kappa shape index (κ1) is 12.5. The zero-order chi connectivity index (χ0) is 12.3. The van der Waals surface area contributed by atoms with Crippen LogP contribution in [0, 0.1) is 0 Å². The van der Waals surface area contributed by atoms with Gasteiger partial charge in [0.05, 0.1) is 5.54 Å². The maximum atomic E-state index is 6.27. The molecule has 2 N–H and O–H groups in total. The molecular formula is C12H21N3O2. The number of rotatable bonds is 5. The highest BCUT2D eigenvalue weighted by Gasteiger charge is 2.37. The molecule has 0 amide bonds. The minimum atomic E-state index is -0.407. The Labute approximate surface area is 102 Å². The van der Waals surface area contributed by atoms with Crippen molar-refractivity contribution >= 4 is 0 Å². The highest BCUT2D eigenvalue weighted by Crippen LogP contribution is 2.35. The number of nitrogens with two attached hydrogens (primary N) is 1. The molecule has 1 atom stereocenters. The lowest BCUT2D eigenvalue weighted by Crippen LogP contribution is -2.33. The van der Waals surface area contributed by atoms with Gasteiger partial charge in [-0.1, -0.05) is 31.3 Å². The summed E-state index contributed by atoms with van der Waals surface area (Å²) >= 11 is 0. The lowest BCUT2D eigenvalue weighted by Gasteiger charge is -2.17. The minimum Gasteiger partial charge on any atom is -0.373 e. The minimum absolute atomic E-state index is 0.0810. The van der Waals surface area contributed by atoms with Crippen molar-refractivity contribution in [2.45, 2.75) is 57.1 Å². The zero-order valence-electron chi connectivity index (χ0n) is 10.6. The summed E-state index contributed by atoms with van der Waals surface area (Å²) in [5, 5.41) is 4.00. The van der Waals surface area contributed by atoms with Crippen LogP contribution in [0.1, 0.15) is 63.3 Å². The number of aromatic nitrogens is 2. The van der Waals surface area contributed by atoms with Crippen LogP contribution in [0.5, 0.6) is 0 Å². The molecule has 0 aliphatic heterocycles. The van der Waals surface area contributed by atoms with Gasteiger partial charge in [0.2, 0.25) is 11.7 Å². The lowest BCUT2D eigenvalue weighted by molar-refractivity contribution is 0.0854. The molecule has 1 aliphatic carbocycles. The van der Waals surface area contributed by atoms with E-state index in [1.54, 1.807) is 7.11 Å². The van der Waals surface area contributed by atoms with Gasteiger partial charge in [0, 0.05) is 7.11 Å². The molecular weight excluding hydrogens is 218 g/mol. The van der Waals surface area contributed by atoms with E-state index in [0.717, 1.165) is 38.5 Å². The molecule has 1 aromatic rings. The molecule has 2 rings (SSSR count). The van der Waals surface area contributed by atoms with Crippen LogP contribution in [0.4, 0.5) is 0 Å². The van der Waals surface area contributed by atoms with Gasteiger partial charge >= 0.3 is 0 Å². The van der Waals surface area contributed by atoms with E-state index < -0.39 is 5.54 Å². The van der Waals surface area contributed by atoms with Gasteiger partial charge in [0.15, 0.2) is 0 Å². The maximum Gasteiger partial charge on any atom is 0.246 e. The molecule has 1 saturated carbocycles. The Morgan fingerprint density at radius 1 is 1.47 bits per heavy atom. The molecule has 0 bridgehead atoms. The first-order valence-electron chi connectivity index (χ1n) is 6.35. The Hall–Kier alpha value is -0.940. The Kier molecular flexibility index (Phi) is 3.79. The fourth-order valence-corrected chi connectivity index (χ4v) is 2.40. The molecule has 1 aromatic heterocycles. The van der Waals surface area contributed by atoms with Gasteiger partial charge in [-0.3, -0.25) is 0 Å². The molecule has 1 heterocycles. The Morgan fingerprint density at radius 3 is 2.76 bits per heavy atom. The van der Waals surface area contributed by atoms with Gasteiger partial charge in [0.25, 0.3) is 0 Å². The molecule has 5 nitrogen and oxygen atoms in total. The van der Waals surface area contributed by atoms with Crippen molar-refractivity contribution in [2.75, 3.05) is 7.11 Å². The normalized spacial score (nSPS) is 20.6. The summed E-state index contributed by atoms with van der Waals surface area (Å²) in [6.45, 7) is 2.11. The molecule has 96 valence electrons. The summed E-state index contributed by atoms with van der Waals surface area (Å²) in [5.41, 5.74) is 5.87. The topological polar surface area (TPSA) is 74.2 Å². The van der Waals surface area contributed by atoms with E-state index in [4.69, 9.17) is 15.0 Å². The van der Waals surface area contributed by atoms with Crippen molar-refractivity contribution in [1.29, 1.82) is 0 Å². The molecule has 0 aromatic carbocycles. The van der Waals surface area contributed by atoms with Crippen molar-refractivity contribution in [2.24, 2.45) is 5.73 Å². The number of methoxy groups -OCH3 is 1. The number of nitrogens with zero attached hydrogens (tertiary/aromatic N) is 2. The largest absolute Gasteiger partial charge is 0.373 e. The van der Waals surface area contributed by atoms with E-state index in [1.807, 2.05) is 0 Å². The standard InChI is InChI=1S/C12H21N3O2/c1-3-6-9(16-2)10-14-11(17-15-10)12(13)7-4-5-8-12/h9H,3-8,13H2,1-2H3. The first-order chi connectivity index (χ1) is 8.19. The van der Waals surface area contributed by atoms with Crippen LogP contribution in [0.15, 0.2) is 4.52 Å². The quantitative estimate of drug-likeness (QED) is 0.853. The van der Waals surface area contributed by atoms with Crippen molar-refractivity contribution < 1.29 is 9.26 Å². The van der Waals surface area contributed by atoms with Gasteiger partial charge in [-0.2, -0.15) is 4.98 Å². The second-order valence-electron chi connectivity index (χ2n) is 4.83. The fourth-order valence-electron chi connectivity index (χ4n) is 2.40.